The first-order chi connectivity index (χ1) is 9.58. The van der Waals surface area contributed by atoms with E-state index in [1.54, 1.807) is 13.2 Å². The summed E-state index contributed by atoms with van der Waals surface area (Å²) < 4.78 is 16.0. The number of methoxy groups -OCH3 is 3. The Morgan fingerprint density at radius 2 is 1.75 bits per heavy atom. The minimum Gasteiger partial charge on any atom is -0.493 e. The summed E-state index contributed by atoms with van der Waals surface area (Å²) in [5.41, 5.74) is 2.25. The molecule has 0 bridgehead atoms. The quantitative estimate of drug-likeness (QED) is 0.932. The lowest BCUT2D eigenvalue weighted by Crippen LogP contribution is -2.13. The summed E-state index contributed by atoms with van der Waals surface area (Å²) in [5.74, 6) is 1.35. The van der Waals surface area contributed by atoms with Crippen molar-refractivity contribution in [2.24, 2.45) is 0 Å². The Morgan fingerprint density at radius 3 is 2.25 bits per heavy atom. The number of fused-ring (bicyclic) bond motifs is 1. The van der Waals surface area contributed by atoms with Crippen LogP contribution < -0.4 is 19.6 Å². The standard InChI is InChI=1S/C15H19NO4/c1-6-9-8(2)13(17)12-10(16-9)7-11(18-3)14(19-4)15(12)20-5/h7H,6H2,1-5H3,(H,16,17). The number of hydrogen-bond acceptors (Lipinski definition) is 4. The molecule has 0 aliphatic heterocycles. The van der Waals surface area contributed by atoms with Gasteiger partial charge in [-0.2, -0.15) is 0 Å². The van der Waals surface area contributed by atoms with Crippen LogP contribution in [0.25, 0.3) is 10.9 Å². The van der Waals surface area contributed by atoms with Crippen LogP contribution in [0, 0.1) is 6.92 Å². The van der Waals surface area contributed by atoms with Crippen LogP contribution in [0.1, 0.15) is 18.2 Å². The molecule has 20 heavy (non-hydrogen) atoms. The molecule has 1 heterocycles. The fraction of sp³-hybridized carbons (Fsp3) is 0.400. The molecule has 0 amide bonds. The number of rotatable bonds is 4. The number of aryl methyl sites for hydroxylation is 1. The second kappa shape index (κ2) is 5.45. The molecule has 1 N–H and O–H groups in total. The zero-order chi connectivity index (χ0) is 14.9. The van der Waals surface area contributed by atoms with Crippen molar-refractivity contribution in [1.29, 1.82) is 0 Å². The largest absolute Gasteiger partial charge is 0.493 e. The van der Waals surface area contributed by atoms with Crippen LogP contribution in [0.2, 0.25) is 0 Å². The van der Waals surface area contributed by atoms with E-state index in [2.05, 4.69) is 4.98 Å². The molecule has 0 atom stereocenters. The minimum absolute atomic E-state index is 0.0478. The molecule has 5 nitrogen and oxygen atoms in total. The van der Waals surface area contributed by atoms with Gasteiger partial charge in [0.25, 0.3) is 0 Å². The zero-order valence-electron chi connectivity index (χ0n) is 12.4. The third-order valence-corrected chi connectivity index (χ3v) is 3.49. The predicted molar refractivity (Wildman–Crippen MR) is 78.3 cm³/mol. The van der Waals surface area contributed by atoms with Crippen molar-refractivity contribution in [1.82, 2.24) is 4.98 Å². The number of H-pyrrole nitrogens is 1. The summed E-state index contributed by atoms with van der Waals surface area (Å²) in [5, 5.41) is 0.486. The summed E-state index contributed by atoms with van der Waals surface area (Å²) >= 11 is 0. The van der Waals surface area contributed by atoms with E-state index in [1.807, 2.05) is 13.8 Å². The van der Waals surface area contributed by atoms with Crippen LogP contribution in [-0.4, -0.2) is 26.3 Å². The van der Waals surface area contributed by atoms with Gasteiger partial charge in [-0.1, -0.05) is 6.92 Å². The third kappa shape index (κ3) is 1.99. The van der Waals surface area contributed by atoms with Crippen LogP contribution in [0.3, 0.4) is 0 Å². The Bertz CT molecular complexity index is 703. The van der Waals surface area contributed by atoms with Gasteiger partial charge in [0.15, 0.2) is 16.9 Å². The van der Waals surface area contributed by atoms with Crippen molar-refractivity contribution >= 4 is 10.9 Å². The van der Waals surface area contributed by atoms with Crippen LogP contribution in [-0.2, 0) is 6.42 Å². The number of ether oxygens (including phenoxy) is 3. The second-order valence-electron chi connectivity index (χ2n) is 4.48. The molecule has 0 radical (unpaired) electrons. The molecule has 5 heteroatoms. The van der Waals surface area contributed by atoms with Crippen LogP contribution in [0.15, 0.2) is 10.9 Å². The Labute approximate surface area is 117 Å². The molecule has 0 aliphatic carbocycles. The Kier molecular flexibility index (Phi) is 3.88. The normalized spacial score (nSPS) is 10.7. The van der Waals surface area contributed by atoms with Crippen LogP contribution in [0.4, 0.5) is 0 Å². The molecule has 0 unspecified atom stereocenters. The van der Waals surface area contributed by atoms with Gasteiger partial charge in [0.05, 0.1) is 32.2 Å². The van der Waals surface area contributed by atoms with Crippen molar-refractivity contribution in [3.05, 3.63) is 27.5 Å². The number of aromatic nitrogens is 1. The lowest BCUT2D eigenvalue weighted by molar-refractivity contribution is 0.327. The Balaban J connectivity index is 3.00. The zero-order valence-corrected chi connectivity index (χ0v) is 12.4. The van der Waals surface area contributed by atoms with E-state index < -0.39 is 0 Å². The van der Waals surface area contributed by atoms with Crippen molar-refractivity contribution in [2.45, 2.75) is 20.3 Å². The first-order valence-corrected chi connectivity index (χ1v) is 6.43. The third-order valence-electron chi connectivity index (χ3n) is 3.49. The molecule has 108 valence electrons. The fourth-order valence-corrected chi connectivity index (χ4v) is 2.41. The average molecular weight is 277 g/mol. The van der Waals surface area contributed by atoms with Crippen LogP contribution in [0.5, 0.6) is 17.2 Å². The van der Waals surface area contributed by atoms with Gasteiger partial charge in [-0.3, -0.25) is 4.79 Å². The van der Waals surface area contributed by atoms with Crippen molar-refractivity contribution in [3.63, 3.8) is 0 Å². The molecule has 1 aromatic carbocycles. The Morgan fingerprint density at radius 1 is 1.10 bits per heavy atom. The summed E-state index contributed by atoms with van der Waals surface area (Å²) in [6.45, 7) is 3.81. The van der Waals surface area contributed by atoms with Crippen molar-refractivity contribution < 1.29 is 14.2 Å². The van der Waals surface area contributed by atoms with Crippen molar-refractivity contribution in [2.75, 3.05) is 21.3 Å². The van der Waals surface area contributed by atoms with E-state index in [4.69, 9.17) is 14.2 Å². The number of pyridine rings is 1. The molecule has 2 aromatic rings. The number of benzene rings is 1. The lowest BCUT2D eigenvalue weighted by atomic mass is 10.1. The van der Waals surface area contributed by atoms with Gasteiger partial charge in [0.2, 0.25) is 5.75 Å². The first kappa shape index (κ1) is 14.2. The molecule has 0 saturated carbocycles. The lowest BCUT2D eigenvalue weighted by Gasteiger charge is -2.15. The molecule has 0 saturated heterocycles. The number of aromatic amines is 1. The van der Waals surface area contributed by atoms with E-state index in [0.717, 1.165) is 12.1 Å². The summed E-state index contributed by atoms with van der Waals surface area (Å²) in [4.78, 5) is 15.8. The van der Waals surface area contributed by atoms with Crippen LogP contribution >= 0.6 is 0 Å². The average Bonchev–Trinajstić information content (AvgIpc) is 2.48. The van der Waals surface area contributed by atoms with E-state index >= 15 is 0 Å². The van der Waals surface area contributed by atoms with Gasteiger partial charge in [0.1, 0.15) is 0 Å². The van der Waals surface area contributed by atoms with Gasteiger partial charge in [-0.15, -0.1) is 0 Å². The SMILES string of the molecule is CCc1[nH]c2cc(OC)c(OC)c(OC)c2c(=O)c1C. The topological polar surface area (TPSA) is 60.6 Å². The number of hydrogen-bond donors (Lipinski definition) is 1. The van der Waals surface area contributed by atoms with Gasteiger partial charge >= 0.3 is 0 Å². The summed E-state index contributed by atoms with van der Waals surface area (Å²) in [6.07, 6.45) is 0.758. The van der Waals surface area contributed by atoms with E-state index in [9.17, 15) is 4.79 Å². The first-order valence-electron chi connectivity index (χ1n) is 6.43. The predicted octanol–water partition coefficient (Wildman–Crippen LogP) is 2.42. The fourth-order valence-electron chi connectivity index (χ4n) is 2.41. The highest BCUT2D eigenvalue weighted by atomic mass is 16.5. The van der Waals surface area contributed by atoms with E-state index in [1.165, 1.54) is 14.2 Å². The molecule has 0 spiro atoms. The number of nitrogens with one attached hydrogen (secondary N) is 1. The van der Waals surface area contributed by atoms with Gasteiger partial charge in [-0.25, -0.2) is 0 Å². The van der Waals surface area contributed by atoms with E-state index in [0.29, 0.717) is 33.7 Å². The molecule has 0 fully saturated rings. The van der Waals surface area contributed by atoms with Gasteiger partial charge < -0.3 is 19.2 Å². The maximum atomic E-state index is 12.6. The maximum absolute atomic E-state index is 12.6. The highest BCUT2D eigenvalue weighted by Gasteiger charge is 2.20. The highest BCUT2D eigenvalue weighted by Crippen LogP contribution is 2.41. The van der Waals surface area contributed by atoms with E-state index in [-0.39, 0.29) is 5.43 Å². The van der Waals surface area contributed by atoms with Gasteiger partial charge in [0, 0.05) is 17.3 Å². The Hall–Kier alpha value is -2.17. The van der Waals surface area contributed by atoms with Gasteiger partial charge in [-0.05, 0) is 13.3 Å². The summed E-state index contributed by atoms with van der Waals surface area (Å²) in [7, 11) is 4.59. The molecular weight excluding hydrogens is 258 g/mol. The molecule has 2 rings (SSSR count). The summed E-state index contributed by atoms with van der Waals surface area (Å²) in [6, 6.07) is 1.76. The smallest absolute Gasteiger partial charge is 0.204 e. The monoisotopic (exact) mass is 277 g/mol. The molecular formula is C15H19NO4. The minimum atomic E-state index is -0.0478. The molecule has 0 aliphatic rings. The van der Waals surface area contributed by atoms with Crippen molar-refractivity contribution in [3.8, 4) is 17.2 Å². The highest BCUT2D eigenvalue weighted by molar-refractivity contribution is 5.91. The molecule has 1 aromatic heterocycles. The maximum Gasteiger partial charge on any atom is 0.204 e. The second-order valence-corrected chi connectivity index (χ2v) is 4.48.